The molecule has 0 N–H and O–H groups in total. The summed E-state index contributed by atoms with van der Waals surface area (Å²) >= 11 is 0. The summed E-state index contributed by atoms with van der Waals surface area (Å²) in [6, 6.07) is 13.8. The number of carbonyl (C=O) groups is 1. The first-order valence-corrected chi connectivity index (χ1v) is 7.18. The van der Waals surface area contributed by atoms with Gasteiger partial charge >= 0.3 is 0 Å². The highest BCUT2D eigenvalue weighted by molar-refractivity contribution is 6.00. The summed E-state index contributed by atoms with van der Waals surface area (Å²) in [5, 5.41) is 0. The molecule has 0 spiro atoms. The van der Waals surface area contributed by atoms with Crippen LogP contribution in [0.4, 0.5) is 0 Å². The Morgan fingerprint density at radius 3 is 2.52 bits per heavy atom. The quantitative estimate of drug-likeness (QED) is 0.842. The molecule has 3 nitrogen and oxygen atoms in total. The number of Topliss-reactive ketones (excluding diaryl/α,β-unsaturated/α-hetero) is 1. The predicted octanol–water partition coefficient (Wildman–Crippen LogP) is 3.45. The normalized spacial score (nSPS) is 13.1. The van der Waals surface area contributed by atoms with E-state index in [4.69, 9.17) is 9.47 Å². The lowest BCUT2D eigenvalue weighted by molar-refractivity contribution is 0.0994. The number of ether oxygens (including phenoxy) is 2. The summed E-state index contributed by atoms with van der Waals surface area (Å²) < 4.78 is 10.9. The van der Waals surface area contributed by atoms with E-state index in [9.17, 15) is 4.79 Å². The van der Waals surface area contributed by atoms with E-state index in [1.807, 2.05) is 42.5 Å². The van der Waals surface area contributed by atoms with Crippen molar-refractivity contribution in [1.29, 1.82) is 0 Å². The second-order valence-electron chi connectivity index (χ2n) is 5.19. The SMILES string of the molecule is COc1ccc(CCOc2ccc3c(c2)CCC3=O)cc1. The molecule has 108 valence electrons. The lowest BCUT2D eigenvalue weighted by atomic mass is 10.1. The van der Waals surface area contributed by atoms with Gasteiger partial charge in [-0.1, -0.05) is 12.1 Å². The van der Waals surface area contributed by atoms with Gasteiger partial charge in [0.05, 0.1) is 13.7 Å². The molecule has 3 rings (SSSR count). The highest BCUT2D eigenvalue weighted by Crippen LogP contribution is 2.26. The number of methoxy groups -OCH3 is 1. The van der Waals surface area contributed by atoms with Gasteiger partial charge in [0.2, 0.25) is 0 Å². The number of benzene rings is 2. The third kappa shape index (κ3) is 3.07. The highest BCUT2D eigenvalue weighted by Gasteiger charge is 2.19. The Balaban J connectivity index is 1.57. The van der Waals surface area contributed by atoms with Gasteiger partial charge in [0.1, 0.15) is 11.5 Å². The van der Waals surface area contributed by atoms with Crippen LogP contribution in [0.2, 0.25) is 0 Å². The van der Waals surface area contributed by atoms with Crippen molar-refractivity contribution in [3.63, 3.8) is 0 Å². The molecule has 0 atom stereocenters. The molecule has 0 bridgehead atoms. The Morgan fingerprint density at radius 1 is 1.00 bits per heavy atom. The zero-order chi connectivity index (χ0) is 14.7. The molecule has 0 heterocycles. The van der Waals surface area contributed by atoms with E-state index in [2.05, 4.69) is 0 Å². The van der Waals surface area contributed by atoms with Gasteiger partial charge in [-0.25, -0.2) is 0 Å². The van der Waals surface area contributed by atoms with E-state index in [1.54, 1.807) is 7.11 Å². The molecule has 0 unspecified atom stereocenters. The Hall–Kier alpha value is -2.29. The molecular weight excluding hydrogens is 264 g/mol. The molecular formula is C18H18O3. The van der Waals surface area contributed by atoms with Crippen molar-refractivity contribution in [2.45, 2.75) is 19.3 Å². The standard InChI is InChI=1S/C18H18O3/c1-20-15-5-2-13(3-6-15)10-11-21-16-7-8-17-14(12-16)4-9-18(17)19/h2-3,5-8,12H,4,9-11H2,1H3. The minimum absolute atomic E-state index is 0.245. The van der Waals surface area contributed by atoms with Gasteiger partial charge in [-0.05, 0) is 47.9 Å². The summed E-state index contributed by atoms with van der Waals surface area (Å²) in [5.41, 5.74) is 3.19. The van der Waals surface area contributed by atoms with Gasteiger partial charge in [-0.2, -0.15) is 0 Å². The van der Waals surface area contributed by atoms with E-state index < -0.39 is 0 Å². The van der Waals surface area contributed by atoms with Crippen LogP contribution in [0.3, 0.4) is 0 Å². The first-order valence-electron chi connectivity index (χ1n) is 7.18. The maximum Gasteiger partial charge on any atom is 0.163 e. The monoisotopic (exact) mass is 282 g/mol. The van der Waals surface area contributed by atoms with Crippen molar-refractivity contribution < 1.29 is 14.3 Å². The highest BCUT2D eigenvalue weighted by atomic mass is 16.5. The Kier molecular flexibility index (Phi) is 3.91. The zero-order valence-corrected chi connectivity index (χ0v) is 12.1. The minimum Gasteiger partial charge on any atom is -0.497 e. The summed E-state index contributed by atoms with van der Waals surface area (Å²) in [6.45, 7) is 0.624. The van der Waals surface area contributed by atoms with E-state index >= 15 is 0 Å². The first-order chi connectivity index (χ1) is 10.3. The fourth-order valence-electron chi connectivity index (χ4n) is 2.60. The van der Waals surface area contributed by atoms with Crippen molar-refractivity contribution in [1.82, 2.24) is 0 Å². The number of hydrogen-bond donors (Lipinski definition) is 0. The summed E-state index contributed by atoms with van der Waals surface area (Å²) in [6.07, 6.45) is 2.31. The lowest BCUT2D eigenvalue weighted by Gasteiger charge is -2.08. The third-order valence-corrected chi connectivity index (χ3v) is 3.82. The van der Waals surface area contributed by atoms with Crippen LogP contribution in [-0.4, -0.2) is 19.5 Å². The van der Waals surface area contributed by atoms with Crippen molar-refractivity contribution in [3.05, 3.63) is 59.2 Å². The van der Waals surface area contributed by atoms with Crippen LogP contribution in [0.25, 0.3) is 0 Å². The fourth-order valence-corrected chi connectivity index (χ4v) is 2.60. The predicted molar refractivity (Wildman–Crippen MR) is 81.3 cm³/mol. The number of aryl methyl sites for hydroxylation is 1. The summed E-state index contributed by atoms with van der Waals surface area (Å²) in [5.74, 6) is 1.95. The van der Waals surface area contributed by atoms with E-state index in [0.29, 0.717) is 13.0 Å². The van der Waals surface area contributed by atoms with Crippen LogP contribution in [0, 0.1) is 0 Å². The van der Waals surface area contributed by atoms with Crippen LogP contribution in [0.15, 0.2) is 42.5 Å². The summed E-state index contributed by atoms with van der Waals surface area (Å²) in [4.78, 5) is 11.6. The smallest absolute Gasteiger partial charge is 0.163 e. The van der Waals surface area contributed by atoms with Gasteiger partial charge in [-0.15, -0.1) is 0 Å². The van der Waals surface area contributed by atoms with Gasteiger partial charge in [0.15, 0.2) is 5.78 Å². The first kappa shape index (κ1) is 13.7. The lowest BCUT2D eigenvalue weighted by Crippen LogP contribution is -2.02. The van der Waals surface area contributed by atoms with Crippen molar-refractivity contribution >= 4 is 5.78 Å². The van der Waals surface area contributed by atoms with Crippen LogP contribution < -0.4 is 9.47 Å². The number of hydrogen-bond acceptors (Lipinski definition) is 3. The second kappa shape index (κ2) is 6.00. The molecule has 0 saturated carbocycles. The van der Waals surface area contributed by atoms with Crippen LogP contribution in [-0.2, 0) is 12.8 Å². The molecule has 0 aromatic heterocycles. The fraction of sp³-hybridized carbons (Fsp3) is 0.278. The molecule has 2 aromatic carbocycles. The molecule has 0 aliphatic heterocycles. The number of rotatable bonds is 5. The Labute approximate surface area is 124 Å². The minimum atomic E-state index is 0.245. The van der Waals surface area contributed by atoms with Gasteiger partial charge < -0.3 is 9.47 Å². The average molecular weight is 282 g/mol. The second-order valence-corrected chi connectivity index (χ2v) is 5.19. The number of ketones is 1. The molecule has 0 fully saturated rings. The summed E-state index contributed by atoms with van der Waals surface area (Å²) in [7, 11) is 1.66. The van der Waals surface area contributed by atoms with Crippen molar-refractivity contribution in [2.75, 3.05) is 13.7 Å². The van der Waals surface area contributed by atoms with E-state index in [-0.39, 0.29) is 5.78 Å². The average Bonchev–Trinajstić information content (AvgIpc) is 2.89. The largest absolute Gasteiger partial charge is 0.497 e. The Morgan fingerprint density at radius 2 is 1.76 bits per heavy atom. The maximum atomic E-state index is 11.6. The zero-order valence-electron chi connectivity index (χ0n) is 12.1. The molecule has 21 heavy (non-hydrogen) atoms. The number of fused-ring (bicyclic) bond motifs is 1. The van der Waals surface area contributed by atoms with Crippen molar-refractivity contribution in [3.8, 4) is 11.5 Å². The number of carbonyl (C=O) groups excluding carboxylic acids is 1. The van der Waals surface area contributed by atoms with Gasteiger partial charge in [0, 0.05) is 18.4 Å². The van der Waals surface area contributed by atoms with Gasteiger partial charge in [0.25, 0.3) is 0 Å². The molecule has 3 heteroatoms. The molecule has 1 aliphatic carbocycles. The van der Waals surface area contributed by atoms with Gasteiger partial charge in [-0.3, -0.25) is 4.79 Å². The molecule has 0 radical (unpaired) electrons. The molecule has 0 saturated heterocycles. The van der Waals surface area contributed by atoms with Crippen LogP contribution in [0.1, 0.15) is 27.9 Å². The topological polar surface area (TPSA) is 35.5 Å². The van der Waals surface area contributed by atoms with E-state index in [1.165, 1.54) is 5.56 Å². The van der Waals surface area contributed by atoms with Crippen LogP contribution >= 0.6 is 0 Å². The van der Waals surface area contributed by atoms with Crippen molar-refractivity contribution in [2.24, 2.45) is 0 Å². The molecule has 1 aliphatic rings. The van der Waals surface area contributed by atoms with E-state index in [0.717, 1.165) is 35.5 Å². The maximum absolute atomic E-state index is 11.6. The Bertz CT molecular complexity index is 644. The molecule has 2 aromatic rings. The molecule has 0 amide bonds. The van der Waals surface area contributed by atoms with Crippen LogP contribution in [0.5, 0.6) is 11.5 Å². The third-order valence-electron chi connectivity index (χ3n) is 3.82.